The van der Waals surface area contributed by atoms with Gasteiger partial charge in [0.15, 0.2) is 6.61 Å². The van der Waals surface area contributed by atoms with Crippen molar-refractivity contribution in [2.45, 2.75) is 6.54 Å². The number of nitrogens with zero attached hydrogens (tertiary/aromatic N) is 2. The zero-order valence-corrected chi connectivity index (χ0v) is 15.1. The summed E-state index contributed by atoms with van der Waals surface area (Å²) in [5.74, 6) is 0.128. The first-order valence-electron chi connectivity index (χ1n) is 7.67. The van der Waals surface area contributed by atoms with Crippen molar-refractivity contribution in [3.8, 4) is 11.8 Å². The summed E-state index contributed by atoms with van der Waals surface area (Å²) in [7, 11) is 0. The molecule has 1 heterocycles. The van der Waals surface area contributed by atoms with Crippen LogP contribution in [0.2, 0.25) is 5.02 Å². The number of benzene rings is 2. The van der Waals surface area contributed by atoms with Crippen LogP contribution >= 0.6 is 23.4 Å². The van der Waals surface area contributed by atoms with Crippen LogP contribution in [0.1, 0.15) is 11.1 Å². The standard InChI is InChI=1S/C19H13ClN2O3S/c20-15-7-5-13(6-8-15)12-22-18(23)17(26-19(22)24)11-14-3-1-2-4-16(14)25-10-9-21/h1-8,11H,10,12H2/b17-11-. The predicted octanol–water partition coefficient (Wildman–Crippen LogP) is 4.48. The predicted molar refractivity (Wildman–Crippen MR) is 101 cm³/mol. The van der Waals surface area contributed by atoms with Gasteiger partial charge in [0.1, 0.15) is 11.8 Å². The quantitative estimate of drug-likeness (QED) is 0.711. The lowest BCUT2D eigenvalue weighted by Gasteiger charge is -2.12. The smallest absolute Gasteiger partial charge is 0.293 e. The molecule has 0 unspecified atom stereocenters. The van der Waals surface area contributed by atoms with Crippen LogP contribution in [0, 0.1) is 11.3 Å². The number of imide groups is 1. The van der Waals surface area contributed by atoms with Crippen LogP contribution in [0.15, 0.2) is 53.4 Å². The first-order valence-corrected chi connectivity index (χ1v) is 8.86. The Bertz CT molecular complexity index is 919. The van der Waals surface area contributed by atoms with Gasteiger partial charge < -0.3 is 4.74 Å². The van der Waals surface area contributed by atoms with E-state index in [-0.39, 0.29) is 24.3 Å². The number of hydrogen-bond acceptors (Lipinski definition) is 5. The van der Waals surface area contributed by atoms with E-state index in [0.29, 0.717) is 21.2 Å². The molecule has 1 aliphatic heterocycles. The van der Waals surface area contributed by atoms with E-state index in [2.05, 4.69) is 0 Å². The van der Waals surface area contributed by atoms with Gasteiger partial charge in [-0.3, -0.25) is 14.5 Å². The maximum Gasteiger partial charge on any atom is 0.293 e. The van der Waals surface area contributed by atoms with Crippen molar-refractivity contribution in [3.05, 3.63) is 69.6 Å². The van der Waals surface area contributed by atoms with E-state index in [4.69, 9.17) is 21.6 Å². The van der Waals surface area contributed by atoms with Crippen LogP contribution in [0.25, 0.3) is 6.08 Å². The molecule has 1 fully saturated rings. The van der Waals surface area contributed by atoms with Crippen LogP contribution in [0.3, 0.4) is 0 Å². The molecular weight excluding hydrogens is 372 g/mol. The molecule has 2 amide bonds. The van der Waals surface area contributed by atoms with Gasteiger partial charge in [0.2, 0.25) is 0 Å². The topological polar surface area (TPSA) is 70.4 Å². The monoisotopic (exact) mass is 384 g/mol. The molecule has 0 spiro atoms. The second-order valence-electron chi connectivity index (χ2n) is 5.38. The number of carbonyl (C=O) groups is 2. The van der Waals surface area contributed by atoms with E-state index in [0.717, 1.165) is 17.3 Å². The van der Waals surface area contributed by atoms with Gasteiger partial charge >= 0.3 is 0 Å². The van der Waals surface area contributed by atoms with Gasteiger partial charge in [0.25, 0.3) is 11.1 Å². The summed E-state index contributed by atoms with van der Waals surface area (Å²) in [6.07, 6.45) is 1.61. The van der Waals surface area contributed by atoms with E-state index >= 15 is 0 Å². The van der Waals surface area contributed by atoms with Crippen molar-refractivity contribution in [2.75, 3.05) is 6.61 Å². The summed E-state index contributed by atoms with van der Waals surface area (Å²) in [6, 6.07) is 15.9. The lowest BCUT2D eigenvalue weighted by atomic mass is 10.1. The summed E-state index contributed by atoms with van der Waals surface area (Å²) >= 11 is 6.74. The van der Waals surface area contributed by atoms with Gasteiger partial charge in [-0.25, -0.2) is 0 Å². The highest BCUT2D eigenvalue weighted by Crippen LogP contribution is 2.34. The third-order valence-corrected chi connectivity index (χ3v) is 4.78. The molecule has 5 nitrogen and oxygen atoms in total. The lowest BCUT2D eigenvalue weighted by Crippen LogP contribution is -2.27. The summed E-state index contributed by atoms with van der Waals surface area (Å²) in [5.41, 5.74) is 1.45. The third-order valence-electron chi connectivity index (χ3n) is 3.63. The van der Waals surface area contributed by atoms with E-state index in [9.17, 15) is 9.59 Å². The molecule has 7 heteroatoms. The lowest BCUT2D eigenvalue weighted by molar-refractivity contribution is -0.123. The molecule has 3 rings (SSSR count). The largest absolute Gasteiger partial charge is 0.478 e. The van der Waals surface area contributed by atoms with Crippen LogP contribution in [-0.2, 0) is 11.3 Å². The zero-order chi connectivity index (χ0) is 18.5. The van der Waals surface area contributed by atoms with Crippen LogP contribution < -0.4 is 4.74 Å². The van der Waals surface area contributed by atoms with Gasteiger partial charge in [-0.2, -0.15) is 5.26 Å². The second kappa shape index (κ2) is 8.09. The fourth-order valence-corrected chi connectivity index (χ4v) is 3.35. The normalized spacial score (nSPS) is 15.4. The highest BCUT2D eigenvalue weighted by molar-refractivity contribution is 8.18. The van der Waals surface area contributed by atoms with Crippen LogP contribution in [-0.4, -0.2) is 22.7 Å². The van der Waals surface area contributed by atoms with Gasteiger partial charge in [-0.15, -0.1) is 0 Å². The molecule has 0 aromatic heterocycles. The van der Waals surface area contributed by atoms with Crippen molar-refractivity contribution in [1.29, 1.82) is 5.26 Å². The number of hydrogen-bond donors (Lipinski definition) is 0. The summed E-state index contributed by atoms with van der Waals surface area (Å²) in [6.45, 7) is 0.0919. The zero-order valence-electron chi connectivity index (χ0n) is 13.5. The number of rotatable bonds is 5. The first kappa shape index (κ1) is 18.1. The molecule has 2 aromatic rings. The molecule has 1 saturated heterocycles. The van der Waals surface area contributed by atoms with Gasteiger partial charge in [-0.05, 0) is 41.6 Å². The highest BCUT2D eigenvalue weighted by Gasteiger charge is 2.35. The Kier molecular flexibility index (Phi) is 5.61. The molecule has 0 aliphatic carbocycles. The highest BCUT2D eigenvalue weighted by atomic mass is 35.5. The molecule has 130 valence electrons. The Morgan fingerprint density at radius 3 is 2.62 bits per heavy atom. The van der Waals surface area contributed by atoms with E-state index in [1.807, 2.05) is 6.07 Å². The SMILES string of the molecule is N#CCOc1ccccc1/C=C1\SC(=O)N(Cc2ccc(Cl)cc2)C1=O. The summed E-state index contributed by atoms with van der Waals surface area (Å²) < 4.78 is 5.36. The van der Waals surface area contributed by atoms with E-state index < -0.39 is 0 Å². The number of amides is 2. The molecule has 0 saturated carbocycles. The molecule has 0 N–H and O–H groups in total. The summed E-state index contributed by atoms with van der Waals surface area (Å²) in [4.78, 5) is 26.4. The maximum absolute atomic E-state index is 12.6. The molecule has 0 radical (unpaired) electrons. The number of carbonyl (C=O) groups excluding carboxylic acids is 2. The molecule has 26 heavy (non-hydrogen) atoms. The average Bonchev–Trinajstić information content (AvgIpc) is 2.90. The Balaban J connectivity index is 1.81. The molecular formula is C19H13ClN2O3S. The van der Waals surface area contributed by atoms with Gasteiger partial charge in [0, 0.05) is 10.6 Å². The van der Waals surface area contributed by atoms with Gasteiger partial charge in [0.05, 0.1) is 11.4 Å². The van der Waals surface area contributed by atoms with Crippen molar-refractivity contribution >= 4 is 40.6 Å². The molecule has 2 aromatic carbocycles. The third kappa shape index (κ3) is 4.07. The Labute approximate surface area is 159 Å². The van der Waals surface area contributed by atoms with Crippen molar-refractivity contribution in [2.24, 2.45) is 0 Å². The first-order chi connectivity index (χ1) is 12.6. The van der Waals surface area contributed by atoms with Crippen molar-refractivity contribution < 1.29 is 14.3 Å². The van der Waals surface area contributed by atoms with Gasteiger partial charge in [-0.1, -0.05) is 41.9 Å². The Hall–Kier alpha value is -2.75. The van der Waals surface area contributed by atoms with Crippen molar-refractivity contribution in [3.63, 3.8) is 0 Å². The van der Waals surface area contributed by atoms with E-state index in [1.54, 1.807) is 54.6 Å². The fourth-order valence-electron chi connectivity index (χ4n) is 2.39. The number of halogens is 1. The second-order valence-corrected chi connectivity index (χ2v) is 6.81. The van der Waals surface area contributed by atoms with Crippen LogP contribution in [0.4, 0.5) is 4.79 Å². The molecule has 0 atom stereocenters. The molecule has 1 aliphatic rings. The summed E-state index contributed by atoms with van der Waals surface area (Å²) in [5, 5.41) is 8.93. The number of para-hydroxylation sites is 1. The maximum atomic E-state index is 12.6. The van der Waals surface area contributed by atoms with E-state index in [1.165, 1.54) is 4.90 Å². The number of ether oxygens (including phenoxy) is 1. The Morgan fingerprint density at radius 1 is 1.15 bits per heavy atom. The fraction of sp³-hybridized carbons (Fsp3) is 0.105. The average molecular weight is 385 g/mol. The number of thioether (sulfide) groups is 1. The van der Waals surface area contributed by atoms with Crippen molar-refractivity contribution in [1.82, 2.24) is 4.90 Å². The molecule has 0 bridgehead atoms. The Morgan fingerprint density at radius 2 is 1.88 bits per heavy atom. The number of nitriles is 1. The van der Waals surface area contributed by atoms with Crippen LogP contribution in [0.5, 0.6) is 5.75 Å². The minimum Gasteiger partial charge on any atom is -0.478 e. The minimum atomic E-state index is -0.356. The minimum absolute atomic E-state index is 0.0943.